The van der Waals surface area contributed by atoms with E-state index in [1.807, 2.05) is 29.2 Å². The third-order valence-electron chi connectivity index (χ3n) is 3.76. The third-order valence-corrected chi connectivity index (χ3v) is 3.76. The summed E-state index contributed by atoms with van der Waals surface area (Å²) in [7, 11) is 0. The molecule has 0 aliphatic carbocycles. The number of nitrogens with zero attached hydrogens (tertiary/aromatic N) is 2. The number of aromatic nitrogens is 2. The lowest BCUT2D eigenvalue weighted by Crippen LogP contribution is -2.18. The SMILES string of the molecule is OCCc1ccccc1-c1cnn(C2CCCCO2)c1. The fourth-order valence-corrected chi connectivity index (χ4v) is 2.71. The Morgan fingerprint density at radius 3 is 3.00 bits per heavy atom. The molecule has 20 heavy (non-hydrogen) atoms. The van der Waals surface area contributed by atoms with E-state index in [4.69, 9.17) is 9.84 Å². The van der Waals surface area contributed by atoms with E-state index >= 15 is 0 Å². The zero-order valence-corrected chi connectivity index (χ0v) is 11.5. The molecule has 0 bridgehead atoms. The molecular formula is C16H20N2O2. The second-order valence-corrected chi connectivity index (χ2v) is 5.16. The fourth-order valence-electron chi connectivity index (χ4n) is 2.71. The molecule has 0 amide bonds. The number of ether oxygens (including phenoxy) is 1. The number of benzene rings is 1. The van der Waals surface area contributed by atoms with Crippen LogP contribution in [-0.4, -0.2) is 28.1 Å². The van der Waals surface area contributed by atoms with Crippen molar-refractivity contribution in [2.24, 2.45) is 0 Å². The summed E-state index contributed by atoms with van der Waals surface area (Å²) in [6.45, 7) is 0.984. The van der Waals surface area contributed by atoms with Crippen LogP contribution in [0, 0.1) is 0 Å². The van der Waals surface area contributed by atoms with E-state index in [1.54, 1.807) is 0 Å². The number of aliphatic hydroxyl groups excluding tert-OH is 1. The second kappa shape index (κ2) is 6.20. The van der Waals surface area contributed by atoms with Gasteiger partial charge in [-0.3, -0.25) is 0 Å². The first-order chi connectivity index (χ1) is 9.88. The molecule has 1 aromatic heterocycles. The van der Waals surface area contributed by atoms with Gasteiger partial charge < -0.3 is 9.84 Å². The number of rotatable bonds is 4. The average molecular weight is 272 g/mol. The van der Waals surface area contributed by atoms with E-state index in [1.165, 1.54) is 6.42 Å². The molecule has 1 aliphatic heterocycles. The molecule has 4 heteroatoms. The minimum atomic E-state index is 0.0718. The largest absolute Gasteiger partial charge is 0.396 e. The molecule has 1 saturated heterocycles. The third kappa shape index (κ3) is 2.76. The molecule has 3 rings (SSSR count). The summed E-state index contributed by atoms with van der Waals surface area (Å²) >= 11 is 0. The summed E-state index contributed by atoms with van der Waals surface area (Å²) in [5.41, 5.74) is 3.38. The van der Waals surface area contributed by atoms with Crippen LogP contribution in [0.4, 0.5) is 0 Å². The van der Waals surface area contributed by atoms with E-state index in [0.29, 0.717) is 6.42 Å². The van der Waals surface area contributed by atoms with E-state index in [0.717, 1.165) is 36.1 Å². The molecule has 1 atom stereocenters. The molecule has 1 fully saturated rings. The normalized spacial score (nSPS) is 19.1. The monoisotopic (exact) mass is 272 g/mol. The number of aliphatic hydroxyl groups is 1. The Morgan fingerprint density at radius 1 is 1.30 bits per heavy atom. The van der Waals surface area contributed by atoms with Gasteiger partial charge in [-0.1, -0.05) is 24.3 Å². The van der Waals surface area contributed by atoms with Gasteiger partial charge in [0.1, 0.15) is 6.23 Å². The molecule has 0 spiro atoms. The Balaban J connectivity index is 1.86. The smallest absolute Gasteiger partial charge is 0.150 e. The predicted octanol–water partition coefficient (Wildman–Crippen LogP) is 2.78. The van der Waals surface area contributed by atoms with Crippen LogP contribution in [0.5, 0.6) is 0 Å². The van der Waals surface area contributed by atoms with Gasteiger partial charge in [-0.2, -0.15) is 5.10 Å². The van der Waals surface area contributed by atoms with Crippen molar-refractivity contribution < 1.29 is 9.84 Å². The highest BCUT2D eigenvalue weighted by atomic mass is 16.5. The molecule has 1 unspecified atom stereocenters. The second-order valence-electron chi connectivity index (χ2n) is 5.16. The van der Waals surface area contributed by atoms with Crippen molar-refractivity contribution in [3.05, 3.63) is 42.2 Å². The average Bonchev–Trinajstić information content (AvgIpc) is 2.99. The van der Waals surface area contributed by atoms with E-state index in [9.17, 15) is 0 Å². The molecule has 2 aromatic rings. The Bertz CT molecular complexity index is 559. The molecule has 106 valence electrons. The van der Waals surface area contributed by atoms with Gasteiger partial charge in [-0.15, -0.1) is 0 Å². The van der Waals surface area contributed by atoms with Crippen molar-refractivity contribution in [2.45, 2.75) is 31.9 Å². The summed E-state index contributed by atoms with van der Waals surface area (Å²) in [5, 5.41) is 13.6. The lowest BCUT2D eigenvalue weighted by Gasteiger charge is -2.22. The van der Waals surface area contributed by atoms with Crippen molar-refractivity contribution in [2.75, 3.05) is 13.2 Å². The summed E-state index contributed by atoms with van der Waals surface area (Å²) in [5.74, 6) is 0. The maximum Gasteiger partial charge on any atom is 0.150 e. The van der Waals surface area contributed by atoms with Crippen molar-refractivity contribution >= 4 is 0 Å². The number of hydrogen-bond donors (Lipinski definition) is 1. The molecule has 2 heterocycles. The highest BCUT2D eigenvalue weighted by Gasteiger charge is 2.17. The lowest BCUT2D eigenvalue weighted by atomic mass is 10.0. The Morgan fingerprint density at radius 2 is 2.20 bits per heavy atom. The van der Waals surface area contributed by atoms with Crippen LogP contribution in [0.1, 0.15) is 31.1 Å². The maximum atomic E-state index is 9.16. The Labute approximate surface area is 119 Å². The first-order valence-corrected chi connectivity index (χ1v) is 7.23. The van der Waals surface area contributed by atoms with E-state index in [-0.39, 0.29) is 12.8 Å². The molecule has 4 nitrogen and oxygen atoms in total. The highest BCUT2D eigenvalue weighted by Crippen LogP contribution is 2.27. The summed E-state index contributed by atoms with van der Waals surface area (Å²) in [4.78, 5) is 0. The van der Waals surface area contributed by atoms with Crippen LogP contribution in [0.2, 0.25) is 0 Å². The summed E-state index contributed by atoms with van der Waals surface area (Å²) in [6.07, 6.45) is 8.04. The summed E-state index contributed by atoms with van der Waals surface area (Å²) in [6, 6.07) is 8.15. The van der Waals surface area contributed by atoms with Crippen molar-refractivity contribution in [3.63, 3.8) is 0 Å². The molecule has 1 aromatic carbocycles. The Hall–Kier alpha value is -1.65. The minimum Gasteiger partial charge on any atom is -0.396 e. The summed E-state index contributed by atoms with van der Waals surface area (Å²) < 4.78 is 7.67. The van der Waals surface area contributed by atoms with Gasteiger partial charge in [0.15, 0.2) is 0 Å². The molecule has 1 N–H and O–H groups in total. The van der Waals surface area contributed by atoms with Gasteiger partial charge in [-0.25, -0.2) is 4.68 Å². The van der Waals surface area contributed by atoms with Gasteiger partial charge in [0.2, 0.25) is 0 Å². The standard InChI is InChI=1S/C16H20N2O2/c19-9-8-13-5-1-2-6-15(13)14-11-17-18(12-14)16-7-3-4-10-20-16/h1-2,5-6,11-12,16,19H,3-4,7-10H2. The quantitative estimate of drug-likeness (QED) is 0.931. The van der Waals surface area contributed by atoms with E-state index in [2.05, 4.69) is 17.2 Å². The topological polar surface area (TPSA) is 47.3 Å². The van der Waals surface area contributed by atoms with Crippen LogP contribution in [-0.2, 0) is 11.2 Å². The molecule has 0 saturated carbocycles. The van der Waals surface area contributed by atoms with Gasteiger partial charge >= 0.3 is 0 Å². The first-order valence-electron chi connectivity index (χ1n) is 7.23. The molecular weight excluding hydrogens is 252 g/mol. The predicted molar refractivity (Wildman–Crippen MR) is 77.3 cm³/mol. The maximum absolute atomic E-state index is 9.16. The van der Waals surface area contributed by atoms with Crippen LogP contribution >= 0.6 is 0 Å². The van der Waals surface area contributed by atoms with Crippen LogP contribution in [0.15, 0.2) is 36.7 Å². The van der Waals surface area contributed by atoms with Crippen molar-refractivity contribution in [3.8, 4) is 11.1 Å². The van der Waals surface area contributed by atoms with Crippen LogP contribution in [0.3, 0.4) is 0 Å². The van der Waals surface area contributed by atoms with Gasteiger partial charge in [0.05, 0.1) is 6.20 Å². The Kier molecular flexibility index (Phi) is 4.14. The first kappa shape index (κ1) is 13.3. The van der Waals surface area contributed by atoms with Gasteiger partial charge in [0.25, 0.3) is 0 Å². The minimum absolute atomic E-state index is 0.0718. The van der Waals surface area contributed by atoms with Crippen molar-refractivity contribution in [1.82, 2.24) is 9.78 Å². The zero-order valence-electron chi connectivity index (χ0n) is 11.5. The molecule has 1 aliphatic rings. The molecule has 0 radical (unpaired) electrons. The van der Waals surface area contributed by atoms with Crippen LogP contribution < -0.4 is 0 Å². The van der Waals surface area contributed by atoms with Crippen LogP contribution in [0.25, 0.3) is 11.1 Å². The lowest BCUT2D eigenvalue weighted by molar-refractivity contribution is -0.0394. The highest BCUT2D eigenvalue weighted by molar-refractivity contribution is 5.66. The van der Waals surface area contributed by atoms with Crippen molar-refractivity contribution in [1.29, 1.82) is 0 Å². The number of hydrogen-bond acceptors (Lipinski definition) is 3. The van der Waals surface area contributed by atoms with E-state index < -0.39 is 0 Å². The van der Waals surface area contributed by atoms with Gasteiger partial charge in [0, 0.05) is 25.0 Å². The zero-order chi connectivity index (χ0) is 13.8. The van der Waals surface area contributed by atoms with Gasteiger partial charge in [-0.05, 0) is 36.8 Å². The fraction of sp³-hybridized carbons (Fsp3) is 0.438.